The van der Waals surface area contributed by atoms with Crippen LogP contribution in [-0.4, -0.2) is 52.5 Å². The summed E-state index contributed by atoms with van der Waals surface area (Å²) in [6.45, 7) is 1.37. The maximum Gasteiger partial charge on any atom is 0.229 e. The number of ketones is 1. The molecule has 0 aromatic carbocycles. The number of aliphatic hydroxyl groups is 2. The van der Waals surface area contributed by atoms with Crippen molar-refractivity contribution in [1.29, 1.82) is 0 Å². The van der Waals surface area contributed by atoms with E-state index < -0.39 is 0 Å². The summed E-state index contributed by atoms with van der Waals surface area (Å²) in [7, 11) is 0. The number of Topliss-reactive ketones (excluding diaryl/α,β-unsaturated/α-hetero) is 1. The summed E-state index contributed by atoms with van der Waals surface area (Å²) in [6, 6.07) is 0. The number of nitrogens with zero attached hydrogens (tertiary/aromatic N) is 1. The summed E-state index contributed by atoms with van der Waals surface area (Å²) in [5, 5.41) is 17.4. The predicted octanol–water partition coefficient (Wildman–Crippen LogP) is 1.04. The Hall–Kier alpha value is -1.27. The Balaban J connectivity index is 4.31. The molecule has 21 heavy (non-hydrogen) atoms. The molecule has 0 aliphatic rings. The molecular formula is C15H27NO5. The molecule has 0 fully saturated rings. The van der Waals surface area contributed by atoms with Gasteiger partial charge in [-0.05, 0) is 32.6 Å². The second kappa shape index (κ2) is 12.5. The molecule has 0 aliphatic heterocycles. The Bertz CT molecular complexity index is 306. The average Bonchev–Trinajstić information content (AvgIpc) is 2.45. The van der Waals surface area contributed by atoms with E-state index in [1.54, 1.807) is 0 Å². The third kappa shape index (κ3) is 10.1. The second-order valence-electron chi connectivity index (χ2n) is 5.14. The summed E-state index contributed by atoms with van der Waals surface area (Å²) in [5.74, 6) is -0.868. The van der Waals surface area contributed by atoms with E-state index in [0.29, 0.717) is 25.7 Å². The molecule has 0 atom stereocenters. The van der Waals surface area contributed by atoms with Gasteiger partial charge in [-0.25, -0.2) is 0 Å². The molecule has 0 spiro atoms. The molecular weight excluding hydrogens is 274 g/mol. The molecule has 0 rings (SSSR count). The maximum atomic E-state index is 12.0. The number of imide groups is 1. The van der Waals surface area contributed by atoms with Gasteiger partial charge in [0.25, 0.3) is 0 Å². The summed E-state index contributed by atoms with van der Waals surface area (Å²) < 4.78 is 0. The molecule has 6 heteroatoms. The largest absolute Gasteiger partial charge is 0.396 e. The minimum Gasteiger partial charge on any atom is -0.396 e. The van der Waals surface area contributed by atoms with Crippen LogP contribution in [0.2, 0.25) is 0 Å². The standard InChI is InChI=1S/C15H27NO5/c1-13(19)12-16(14(20)8-4-2-6-10-17)15(21)9-5-3-7-11-18/h17-18H,2-12H2,1H3. The maximum absolute atomic E-state index is 12.0. The summed E-state index contributed by atoms with van der Waals surface area (Å²) in [4.78, 5) is 36.3. The van der Waals surface area contributed by atoms with E-state index in [1.165, 1.54) is 6.92 Å². The molecule has 2 amide bonds. The molecule has 0 saturated carbocycles. The van der Waals surface area contributed by atoms with Gasteiger partial charge in [-0.2, -0.15) is 0 Å². The van der Waals surface area contributed by atoms with E-state index in [-0.39, 0.29) is 50.2 Å². The molecule has 0 radical (unpaired) electrons. The van der Waals surface area contributed by atoms with Gasteiger partial charge in [0.05, 0.1) is 6.54 Å². The Labute approximate surface area is 126 Å². The number of hydrogen-bond donors (Lipinski definition) is 2. The highest BCUT2D eigenvalue weighted by molar-refractivity contribution is 5.98. The number of rotatable bonds is 12. The first-order valence-electron chi connectivity index (χ1n) is 7.57. The van der Waals surface area contributed by atoms with Crippen LogP contribution in [0.1, 0.15) is 58.3 Å². The van der Waals surface area contributed by atoms with E-state index in [2.05, 4.69) is 0 Å². The van der Waals surface area contributed by atoms with E-state index >= 15 is 0 Å². The Kier molecular flexibility index (Phi) is 11.7. The van der Waals surface area contributed by atoms with Gasteiger partial charge in [0.1, 0.15) is 5.78 Å². The fraction of sp³-hybridized carbons (Fsp3) is 0.800. The minimum absolute atomic E-state index is 0.0924. The van der Waals surface area contributed by atoms with Gasteiger partial charge in [0.2, 0.25) is 11.8 Å². The van der Waals surface area contributed by atoms with E-state index in [0.717, 1.165) is 17.7 Å². The summed E-state index contributed by atoms with van der Waals surface area (Å²) >= 11 is 0. The highest BCUT2D eigenvalue weighted by atomic mass is 16.3. The Morgan fingerprint density at radius 1 is 0.762 bits per heavy atom. The van der Waals surface area contributed by atoms with Crippen molar-refractivity contribution >= 4 is 17.6 Å². The van der Waals surface area contributed by atoms with Crippen LogP contribution in [0.4, 0.5) is 0 Å². The fourth-order valence-corrected chi connectivity index (χ4v) is 1.94. The van der Waals surface area contributed by atoms with E-state index in [9.17, 15) is 14.4 Å². The Morgan fingerprint density at radius 2 is 1.19 bits per heavy atom. The zero-order valence-electron chi connectivity index (χ0n) is 12.8. The van der Waals surface area contributed by atoms with Crippen molar-refractivity contribution in [3.8, 4) is 0 Å². The van der Waals surface area contributed by atoms with Crippen molar-refractivity contribution in [3.05, 3.63) is 0 Å². The Morgan fingerprint density at radius 3 is 1.52 bits per heavy atom. The van der Waals surface area contributed by atoms with Crippen LogP contribution in [0.3, 0.4) is 0 Å². The molecule has 2 N–H and O–H groups in total. The quantitative estimate of drug-likeness (QED) is 0.525. The summed E-state index contributed by atoms with van der Waals surface area (Å²) in [5.41, 5.74) is 0. The second-order valence-corrected chi connectivity index (χ2v) is 5.14. The van der Waals surface area contributed by atoms with Gasteiger partial charge in [0.15, 0.2) is 0 Å². The van der Waals surface area contributed by atoms with Crippen LogP contribution in [-0.2, 0) is 14.4 Å². The lowest BCUT2D eigenvalue weighted by Crippen LogP contribution is -2.39. The van der Waals surface area contributed by atoms with Crippen molar-refractivity contribution in [1.82, 2.24) is 4.90 Å². The first-order valence-corrected chi connectivity index (χ1v) is 7.57. The van der Waals surface area contributed by atoms with Crippen LogP contribution >= 0.6 is 0 Å². The minimum atomic E-state index is -0.324. The van der Waals surface area contributed by atoms with Crippen LogP contribution in [0.5, 0.6) is 0 Å². The van der Waals surface area contributed by atoms with Gasteiger partial charge < -0.3 is 10.2 Å². The highest BCUT2D eigenvalue weighted by Crippen LogP contribution is 2.08. The van der Waals surface area contributed by atoms with Crippen molar-refractivity contribution in [3.63, 3.8) is 0 Å². The lowest BCUT2D eigenvalue weighted by Gasteiger charge is -2.19. The van der Waals surface area contributed by atoms with E-state index in [1.807, 2.05) is 0 Å². The topological polar surface area (TPSA) is 94.9 Å². The van der Waals surface area contributed by atoms with Crippen molar-refractivity contribution in [2.75, 3.05) is 19.8 Å². The monoisotopic (exact) mass is 301 g/mol. The zero-order valence-corrected chi connectivity index (χ0v) is 12.8. The third-order valence-electron chi connectivity index (χ3n) is 3.08. The molecule has 0 aromatic heterocycles. The molecule has 0 aliphatic carbocycles. The van der Waals surface area contributed by atoms with Crippen LogP contribution in [0.25, 0.3) is 0 Å². The van der Waals surface area contributed by atoms with Gasteiger partial charge >= 0.3 is 0 Å². The SMILES string of the molecule is CC(=O)CN(C(=O)CCCCCO)C(=O)CCCCCO. The lowest BCUT2D eigenvalue weighted by atomic mass is 10.1. The zero-order chi connectivity index (χ0) is 16.1. The van der Waals surface area contributed by atoms with Crippen molar-refractivity contribution in [2.45, 2.75) is 58.3 Å². The normalized spacial score (nSPS) is 10.4. The van der Waals surface area contributed by atoms with Gasteiger partial charge in [-0.15, -0.1) is 0 Å². The lowest BCUT2D eigenvalue weighted by molar-refractivity contribution is -0.147. The molecule has 122 valence electrons. The smallest absolute Gasteiger partial charge is 0.229 e. The first-order chi connectivity index (χ1) is 10.0. The number of hydrogen-bond acceptors (Lipinski definition) is 5. The van der Waals surface area contributed by atoms with E-state index in [4.69, 9.17) is 10.2 Å². The van der Waals surface area contributed by atoms with Gasteiger partial charge in [-0.1, -0.05) is 12.8 Å². The molecule has 0 bridgehead atoms. The molecule has 0 unspecified atom stereocenters. The van der Waals surface area contributed by atoms with Crippen LogP contribution < -0.4 is 0 Å². The molecule has 6 nitrogen and oxygen atoms in total. The van der Waals surface area contributed by atoms with Gasteiger partial charge in [-0.3, -0.25) is 19.3 Å². The summed E-state index contributed by atoms with van der Waals surface area (Å²) in [6.07, 6.45) is 4.36. The molecule has 0 heterocycles. The molecule has 0 saturated heterocycles. The van der Waals surface area contributed by atoms with Gasteiger partial charge in [0, 0.05) is 26.1 Å². The number of amides is 2. The predicted molar refractivity (Wildman–Crippen MR) is 78.5 cm³/mol. The highest BCUT2D eigenvalue weighted by Gasteiger charge is 2.21. The van der Waals surface area contributed by atoms with Crippen LogP contribution in [0.15, 0.2) is 0 Å². The fourth-order valence-electron chi connectivity index (χ4n) is 1.94. The molecule has 0 aromatic rings. The first kappa shape index (κ1) is 19.7. The van der Waals surface area contributed by atoms with Crippen LogP contribution in [0, 0.1) is 0 Å². The number of unbranched alkanes of at least 4 members (excludes halogenated alkanes) is 4. The van der Waals surface area contributed by atoms with Crippen molar-refractivity contribution in [2.24, 2.45) is 0 Å². The third-order valence-corrected chi connectivity index (χ3v) is 3.08. The number of carbonyl (C=O) groups is 3. The number of aliphatic hydroxyl groups excluding tert-OH is 2. The average molecular weight is 301 g/mol. The number of carbonyl (C=O) groups excluding carboxylic acids is 3. The van der Waals surface area contributed by atoms with Crippen molar-refractivity contribution < 1.29 is 24.6 Å².